The Morgan fingerprint density at radius 1 is 1.50 bits per heavy atom. The van der Waals surface area contributed by atoms with Gasteiger partial charge in [-0.25, -0.2) is 4.39 Å². The summed E-state index contributed by atoms with van der Waals surface area (Å²) in [4.78, 5) is 0. The standard InChI is InChI=1S/C7H7FIN/c8-6-2-1-5(4-10)3-7(6)9/h1-3H,4,10H2/i8-1. The summed E-state index contributed by atoms with van der Waals surface area (Å²) in [6.07, 6.45) is 0. The van der Waals surface area contributed by atoms with Crippen molar-refractivity contribution in [3.05, 3.63) is 33.1 Å². The average Bonchev–Trinajstić information content (AvgIpc) is 1.95. The summed E-state index contributed by atoms with van der Waals surface area (Å²) in [6.45, 7) is 0.469. The van der Waals surface area contributed by atoms with Crippen molar-refractivity contribution < 1.29 is 4.39 Å². The molecule has 0 aliphatic carbocycles. The van der Waals surface area contributed by atoms with Gasteiger partial charge in [0, 0.05) is 10.1 Å². The lowest BCUT2D eigenvalue weighted by Crippen LogP contribution is -1.96. The molecule has 2 N–H and O–H groups in total. The van der Waals surface area contributed by atoms with Gasteiger partial charge in [-0.1, -0.05) is 6.07 Å². The largest absolute Gasteiger partial charge is 0.326 e. The second kappa shape index (κ2) is 3.30. The van der Waals surface area contributed by atoms with Crippen molar-refractivity contribution in [1.82, 2.24) is 0 Å². The maximum Gasteiger partial charge on any atom is 0.136 e. The number of nitrogens with two attached hydrogens (primary N) is 1. The first kappa shape index (κ1) is 7.94. The highest BCUT2D eigenvalue weighted by molar-refractivity contribution is 14.1. The van der Waals surface area contributed by atoms with Crippen molar-refractivity contribution >= 4 is 22.6 Å². The molecule has 54 valence electrons. The molecule has 0 unspecified atom stereocenters. The van der Waals surface area contributed by atoms with Gasteiger partial charge in [0.15, 0.2) is 0 Å². The Bertz CT molecular complexity index is 237. The number of rotatable bonds is 1. The summed E-state index contributed by atoms with van der Waals surface area (Å²) in [7, 11) is 0. The normalized spacial score (nSPS) is 9.90. The van der Waals surface area contributed by atoms with E-state index in [1.807, 2.05) is 22.6 Å². The summed E-state index contributed by atoms with van der Waals surface area (Å²) < 4.78 is 13.2. The van der Waals surface area contributed by atoms with E-state index in [9.17, 15) is 4.39 Å². The topological polar surface area (TPSA) is 26.0 Å². The SMILES string of the molecule is NCc1ccc([18F])c(I)c1. The monoisotopic (exact) mass is 250 g/mol. The van der Waals surface area contributed by atoms with Gasteiger partial charge in [0.1, 0.15) is 5.82 Å². The fourth-order valence-electron chi connectivity index (χ4n) is 0.667. The first-order chi connectivity index (χ1) is 4.74. The van der Waals surface area contributed by atoms with Gasteiger partial charge in [-0.3, -0.25) is 0 Å². The minimum absolute atomic E-state index is 0.183. The summed E-state index contributed by atoms with van der Waals surface area (Å²) in [6, 6.07) is 4.87. The van der Waals surface area contributed by atoms with Crippen molar-refractivity contribution in [3.8, 4) is 0 Å². The van der Waals surface area contributed by atoms with E-state index in [2.05, 4.69) is 0 Å². The van der Waals surface area contributed by atoms with Crippen LogP contribution in [0.1, 0.15) is 5.56 Å². The molecule has 0 amide bonds. The van der Waals surface area contributed by atoms with Gasteiger partial charge in [0.05, 0.1) is 0 Å². The molecule has 0 saturated heterocycles. The minimum Gasteiger partial charge on any atom is -0.326 e. The fourth-order valence-corrected chi connectivity index (χ4v) is 1.25. The summed E-state index contributed by atoms with van der Waals surface area (Å²) in [5.74, 6) is -0.183. The molecule has 0 aliphatic rings. The maximum atomic E-state index is 12.6. The van der Waals surface area contributed by atoms with Crippen LogP contribution >= 0.6 is 22.6 Å². The Balaban J connectivity index is 3.04. The van der Waals surface area contributed by atoms with Crippen LogP contribution in [-0.4, -0.2) is 0 Å². The zero-order valence-corrected chi connectivity index (χ0v) is 7.43. The van der Waals surface area contributed by atoms with Gasteiger partial charge in [-0.05, 0) is 40.3 Å². The number of halogens is 2. The smallest absolute Gasteiger partial charge is 0.136 e. The predicted octanol–water partition coefficient (Wildman–Crippen LogP) is 1.89. The van der Waals surface area contributed by atoms with Crippen LogP contribution in [0.4, 0.5) is 4.39 Å². The van der Waals surface area contributed by atoms with Gasteiger partial charge in [-0.2, -0.15) is 0 Å². The van der Waals surface area contributed by atoms with Gasteiger partial charge in [0.2, 0.25) is 0 Å². The summed E-state index contributed by atoms with van der Waals surface area (Å²) in [5.41, 5.74) is 6.31. The van der Waals surface area contributed by atoms with Crippen molar-refractivity contribution in [2.45, 2.75) is 6.54 Å². The highest BCUT2D eigenvalue weighted by Gasteiger charge is 1.97. The maximum absolute atomic E-state index is 12.6. The van der Waals surface area contributed by atoms with Crippen LogP contribution in [0.3, 0.4) is 0 Å². The number of hydrogen-bond acceptors (Lipinski definition) is 1. The van der Waals surface area contributed by atoms with Crippen LogP contribution in [0.5, 0.6) is 0 Å². The minimum atomic E-state index is -0.183. The second-order valence-electron chi connectivity index (χ2n) is 1.95. The lowest BCUT2D eigenvalue weighted by Gasteiger charge is -1.97. The third-order valence-corrected chi connectivity index (χ3v) is 2.05. The molecule has 1 aromatic rings. The lowest BCUT2D eigenvalue weighted by atomic mass is 10.2. The van der Waals surface area contributed by atoms with Gasteiger partial charge in [-0.15, -0.1) is 0 Å². The van der Waals surface area contributed by atoms with Gasteiger partial charge < -0.3 is 5.73 Å². The van der Waals surface area contributed by atoms with Crippen molar-refractivity contribution in [1.29, 1.82) is 0 Å². The fraction of sp³-hybridized carbons (Fsp3) is 0.143. The quantitative estimate of drug-likeness (QED) is 0.757. The van der Waals surface area contributed by atoms with Crippen LogP contribution in [-0.2, 0) is 6.54 Å². The average molecular weight is 250 g/mol. The summed E-state index contributed by atoms with van der Waals surface area (Å²) in [5, 5.41) is 0. The third-order valence-electron chi connectivity index (χ3n) is 1.22. The van der Waals surface area contributed by atoms with E-state index in [0.717, 1.165) is 5.56 Å². The van der Waals surface area contributed by atoms with E-state index >= 15 is 0 Å². The van der Waals surface area contributed by atoms with E-state index in [1.165, 1.54) is 6.07 Å². The van der Waals surface area contributed by atoms with Crippen LogP contribution in [0.2, 0.25) is 0 Å². The Morgan fingerprint density at radius 2 is 2.20 bits per heavy atom. The Labute approximate surface area is 72.6 Å². The second-order valence-corrected chi connectivity index (χ2v) is 3.11. The van der Waals surface area contributed by atoms with Crippen molar-refractivity contribution in [3.63, 3.8) is 0 Å². The molecular formula is C7H7FIN. The molecule has 1 aromatic carbocycles. The molecule has 0 atom stereocenters. The molecule has 0 saturated carbocycles. The van der Waals surface area contributed by atoms with E-state index in [4.69, 9.17) is 5.73 Å². The Morgan fingerprint density at radius 3 is 2.70 bits per heavy atom. The van der Waals surface area contributed by atoms with Crippen molar-refractivity contribution in [2.24, 2.45) is 5.73 Å². The molecule has 0 aliphatic heterocycles. The molecule has 0 aromatic heterocycles. The predicted molar refractivity (Wildman–Crippen MR) is 47.0 cm³/mol. The van der Waals surface area contributed by atoms with Crippen LogP contribution < -0.4 is 5.73 Å². The van der Waals surface area contributed by atoms with Crippen LogP contribution in [0.15, 0.2) is 18.2 Å². The first-order valence-electron chi connectivity index (χ1n) is 2.88. The van der Waals surface area contributed by atoms with E-state index in [1.54, 1.807) is 12.1 Å². The number of hydrogen-bond donors (Lipinski definition) is 1. The van der Waals surface area contributed by atoms with Crippen LogP contribution in [0, 0.1) is 9.39 Å². The molecule has 1 nitrogen and oxygen atoms in total. The molecule has 0 heterocycles. The molecule has 0 spiro atoms. The van der Waals surface area contributed by atoms with Gasteiger partial charge >= 0.3 is 0 Å². The molecule has 10 heavy (non-hydrogen) atoms. The molecule has 0 bridgehead atoms. The lowest BCUT2D eigenvalue weighted by molar-refractivity contribution is 0.619. The zero-order valence-electron chi connectivity index (χ0n) is 5.27. The Hall–Kier alpha value is -0.160. The molecule has 1 rings (SSSR count). The molecule has 0 fully saturated rings. The zero-order chi connectivity index (χ0) is 7.56. The van der Waals surface area contributed by atoms with E-state index in [-0.39, 0.29) is 5.82 Å². The van der Waals surface area contributed by atoms with Gasteiger partial charge in [0.25, 0.3) is 0 Å². The molecular weight excluding hydrogens is 243 g/mol. The molecule has 0 radical (unpaired) electrons. The third kappa shape index (κ3) is 1.67. The molecule has 3 heteroatoms. The highest BCUT2D eigenvalue weighted by atomic mass is 127. The Kier molecular flexibility index (Phi) is 2.62. The van der Waals surface area contributed by atoms with E-state index < -0.39 is 0 Å². The highest BCUT2D eigenvalue weighted by Crippen LogP contribution is 2.11. The van der Waals surface area contributed by atoms with Crippen LogP contribution in [0.25, 0.3) is 0 Å². The number of benzene rings is 1. The van der Waals surface area contributed by atoms with Crippen molar-refractivity contribution in [2.75, 3.05) is 0 Å². The first-order valence-corrected chi connectivity index (χ1v) is 3.96. The van der Waals surface area contributed by atoms with E-state index in [0.29, 0.717) is 10.1 Å². The summed E-state index contributed by atoms with van der Waals surface area (Å²) >= 11 is 1.94.